The summed E-state index contributed by atoms with van der Waals surface area (Å²) >= 11 is 0. The third-order valence-electron chi connectivity index (χ3n) is 2.89. The van der Waals surface area contributed by atoms with E-state index in [9.17, 15) is 4.79 Å². The maximum Gasteiger partial charge on any atom is 0.341 e. The molecule has 0 saturated carbocycles. The highest BCUT2D eigenvalue weighted by Gasteiger charge is 2.18. The van der Waals surface area contributed by atoms with E-state index in [0.717, 1.165) is 11.3 Å². The Morgan fingerprint density at radius 1 is 1.25 bits per heavy atom. The lowest BCUT2D eigenvalue weighted by atomic mass is 10.0. The summed E-state index contributed by atoms with van der Waals surface area (Å²) in [6, 6.07) is 9.72. The summed E-state index contributed by atoms with van der Waals surface area (Å²) in [5.41, 5.74) is 2.10. The SMILES string of the molecule is CCOC(=O)c1cnc(-c2ccccc2)nc1C(C)C. The highest BCUT2D eigenvalue weighted by atomic mass is 16.5. The first-order chi connectivity index (χ1) is 9.63. The molecule has 1 aromatic heterocycles. The summed E-state index contributed by atoms with van der Waals surface area (Å²) in [5, 5.41) is 0. The monoisotopic (exact) mass is 270 g/mol. The lowest BCUT2D eigenvalue weighted by Gasteiger charge is -2.12. The van der Waals surface area contributed by atoms with Gasteiger partial charge in [-0.2, -0.15) is 0 Å². The van der Waals surface area contributed by atoms with E-state index in [0.29, 0.717) is 18.0 Å². The summed E-state index contributed by atoms with van der Waals surface area (Å²) < 4.78 is 5.05. The standard InChI is InChI=1S/C16H18N2O2/c1-4-20-16(19)13-10-17-15(18-14(13)11(2)3)12-8-6-5-7-9-12/h5-11H,4H2,1-3H3. The largest absolute Gasteiger partial charge is 0.462 e. The highest BCUT2D eigenvalue weighted by Crippen LogP contribution is 2.21. The average Bonchev–Trinajstić information content (AvgIpc) is 2.47. The molecule has 0 saturated heterocycles. The van der Waals surface area contributed by atoms with Crippen molar-refractivity contribution < 1.29 is 9.53 Å². The molecule has 0 amide bonds. The van der Waals surface area contributed by atoms with Crippen molar-refractivity contribution >= 4 is 5.97 Å². The number of nitrogens with zero attached hydrogens (tertiary/aromatic N) is 2. The van der Waals surface area contributed by atoms with E-state index in [4.69, 9.17) is 4.74 Å². The van der Waals surface area contributed by atoms with Crippen LogP contribution in [-0.4, -0.2) is 22.5 Å². The van der Waals surface area contributed by atoms with Crippen LogP contribution in [0.2, 0.25) is 0 Å². The van der Waals surface area contributed by atoms with E-state index in [-0.39, 0.29) is 11.9 Å². The first kappa shape index (κ1) is 14.2. The molecule has 0 N–H and O–H groups in total. The zero-order valence-corrected chi connectivity index (χ0v) is 12.0. The molecule has 0 bridgehead atoms. The molecule has 0 aliphatic heterocycles. The van der Waals surface area contributed by atoms with Gasteiger partial charge in [-0.1, -0.05) is 44.2 Å². The number of hydrogen-bond donors (Lipinski definition) is 0. The van der Waals surface area contributed by atoms with Crippen molar-refractivity contribution in [2.45, 2.75) is 26.7 Å². The van der Waals surface area contributed by atoms with Crippen LogP contribution in [0.15, 0.2) is 36.5 Å². The van der Waals surface area contributed by atoms with Gasteiger partial charge in [0, 0.05) is 11.8 Å². The molecule has 0 fully saturated rings. The maximum atomic E-state index is 11.9. The molecule has 0 radical (unpaired) electrons. The molecule has 1 heterocycles. The number of ether oxygens (including phenoxy) is 1. The van der Waals surface area contributed by atoms with Gasteiger partial charge in [0.1, 0.15) is 0 Å². The highest BCUT2D eigenvalue weighted by molar-refractivity contribution is 5.90. The van der Waals surface area contributed by atoms with E-state index in [1.54, 1.807) is 13.1 Å². The van der Waals surface area contributed by atoms with Crippen molar-refractivity contribution in [2.24, 2.45) is 0 Å². The second kappa shape index (κ2) is 6.28. The number of rotatable bonds is 4. The summed E-state index contributed by atoms with van der Waals surface area (Å²) in [6.45, 7) is 6.13. The van der Waals surface area contributed by atoms with E-state index in [1.165, 1.54) is 0 Å². The smallest absolute Gasteiger partial charge is 0.341 e. The van der Waals surface area contributed by atoms with Gasteiger partial charge in [-0.3, -0.25) is 0 Å². The fourth-order valence-corrected chi connectivity index (χ4v) is 1.93. The predicted molar refractivity (Wildman–Crippen MR) is 77.5 cm³/mol. The minimum absolute atomic E-state index is 0.125. The van der Waals surface area contributed by atoms with Gasteiger partial charge in [0.15, 0.2) is 5.82 Å². The number of benzene rings is 1. The van der Waals surface area contributed by atoms with Crippen LogP contribution >= 0.6 is 0 Å². The molecule has 4 nitrogen and oxygen atoms in total. The first-order valence-electron chi connectivity index (χ1n) is 6.73. The molecule has 0 aliphatic carbocycles. The molecule has 0 atom stereocenters. The predicted octanol–water partition coefficient (Wildman–Crippen LogP) is 3.44. The van der Waals surface area contributed by atoms with Gasteiger partial charge in [-0.25, -0.2) is 14.8 Å². The van der Waals surface area contributed by atoms with Crippen LogP contribution in [0.1, 0.15) is 42.7 Å². The van der Waals surface area contributed by atoms with Gasteiger partial charge in [0.2, 0.25) is 0 Å². The number of aromatic nitrogens is 2. The molecule has 0 spiro atoms. The van der Waals surface area contributed by atoms with Gasteiger partial charge in [-0.05, 0) is 12.8 Å². The van der Waals surface area contributed by atoms with Gasteiger partial charge < -0.3 is 4.74 Å². The summed E-state index contributed by atoms with van der Waals surface area (Å²) in [6.07, 6.45) is 1.56. The van der Waals surface area contributed by atoms with Crippen LogP contribution in [0.5, 0.6) is 0 Å². The number of carbonyl (C=O) groups is 1. The van der Waals surface area contributed by atoms with Crippen molar-refractivity contribution in [3.63, 3.8) is 0 Å². The third kappa shape index (κ3) is 3.02. The minimum atomic E-state index is -0.365. The number of hydrogen-bond acceptors (Lipinski definition) is 4. The van der Waals surface area contributed by atoms with Crippen molar-refractivity contribution in [1.29, 1.82) is 0 Å². The molecular weight excluding hydrogens is 252 g/mol. The molecule has 0 aliphatic rings. The topological polar surface area (TPSA) is 52.1 Å². The molecule has 20 heavy (non-hydrogen) atoms. The van der Waals surface area contributed by atoms with E-state index in [2.05, 4.69) is 9.97 Å². The zero-order chi connectivity index (χ0) is 14.5. The van der Waals surface area contributed by atoms with Crippen LogP contribution in [0.25, 0.3) is 11.4 Å². The van der Waals surface area contributed by atoms with Gasteiger partial charge in [0.05, 0.1) is 17.9 Å². The molecule has 1 aromatic carbocycles. The second-order valence-corrected chi connectivity index (χ2v) is 4.73. The van der Waals surface area contributed by atoms with Crippen LogP contribution in [0, 0.1) is 0 Å². The Morgan fingerprint density at radius 3 is 2.55 bits per heavy atom. The quantitative estimate of drug-likeness (QED) is 0.798. The maximum absolute atomic E-state index is 11.9. The third-order valence-corrected chi connectivity index (χ3v) is 2.89. The van der Waals surface area contributed by atoms with Crippen molar-refractivity contribution in [3.8, 4) is 11.4 Å². The summed E-state index contributed by atoms with van der Waals surface area (Å²) in [4.78, 5) is 20.7. The molecule has 2 rings (SSSR count). The number of carbonyl (C=O) groups excluding carboxylic acids is 1. The zero-order valence-electron chi connectivity index (χ0n) is 12.0. The van der Waals surface area contributed by atoms with Crippen molar-refractivity contribution in [3.05, 3.63) is 47.8 Å². The van der Waals surface area contributed by atoms with Crippen molar-refractivity contribution in [2.75, 3.05) is 6.61 Å². The Balaban J connectivity index is 2.45. The molecular formula is C16H18N2O2. The van der Waals surface area contributed by atoms with Crippen LogP contribution in [0.4, 0.5) is 0 Å². The lowest BCUT2D eigenvalue weighted by Crippen LogP contribution is -2.12. The summed E-state index contributed by atoms with van der Waals surface area (Å²) in [5.74, 6) is 0.387. The van der Waals surface area contributed by atoms with Crippen molar-refractivity contribution in [1.82, 2.24) is 9.97 Å². The van der Waals surface area contributed by atoms with Gasteiger partial charge >= 0.3 is 5.97 Å². The lowest BCUT2D eigenvalue weighted by molar-refractivity contribution is 0.0523. The van der Waals surface area contributed by atoms with E-state index < -0.39 is 0 Å². The second-order valence-electron chi connectivity index (χ2n) is 4.73. The van der Waals surface area contributed by atoms with E-state index in [1.807, 2.05) is 44.2 Å². The Kier molecular flexibility index (Phi) is 4.45. The fraction of sp³-hybridized carbons (Fsp3) is 0.312. The van der Waals surface area contributed by atoms with Gasteiger partial charge in [0.25, 0.3) is 0 Å². The van der Waals surface area contributed by atoms with Gasteiger partial charge in [-0.15, -0.1) is 0 Å². The normalized spacial score (nSPS) is 10.6. The fourth-order valence-electron chi connectivity index (χ4n) is 1.93. The minimum Gasteiger partial charge on any atom is -0.462 e. The van der Waals surface area contributed by atoms with Crippen LogP contribution in [-0.2, 0) is 4.74 Å². The Morgan fingerprint density at radius 2 is 1.95 bits per heavy atom. The average molecular weight is 270 g/mol. The van der Waals surface area contributed by atoms with Crippen LogP contribution < -0.4 is 0 Å². The van der Waals surface area contributed by atoms with E-state index >= 15 is 0 Å². The Bertz CT molecular complexity index is 595. The molecule has 0 unspecified atom stereocenters. The molecule has 104 valence electrons. The number of esters is 1. The summed E-state index contributed by atoms with van der Waals surface area (Å²) in [7, 11) is 0. The Labute approximate surface area is 118 Å². The first-order valence-corrected chi connectivity index (χ1v) is 6.73. The Hall–Kier alpha value is -2.23. The van der Waals surface area contributed by atoms with Crippen LogP contribution in [0.3, 0.4) is 0 Å². The molecule has 2 aromatic rings. The molecule has 4 heteroatoms.